The molecule has 0 saturated heterocycles. The van der Waals surface area contributed by atoms with E-state index < -0.39 is 12.1 Å². The first-order chi connectivity index (χ1) is 33.5. The minimum absolute atomic E-state index is 0.0109. The fourth-order valence-electron chi connectivity index (χ4n) is 9.51. The molecule has 0 aliphatic heterocycles. The summed E-state index contributed by atoms with van der Waals surface area (Å²) < 4.78 is 5.46. The molecule has 0 radical (unpaired) electrons. The Bertz CT molecular complexity index is 1060. The number of ether oxygens (including phenoxy) is 1. The van der Waals surface area contributed by atoms with E-state index in [-0.39, 0.29) is 18.5 Å². The van der Waals surface area contributed by atoms with E-state index in [2.05, 4.69) is 31.3 Å². The maximum Gasteiger partial charge on any atom is 0.305 e. The van der Waals surface area contributed by atoms with Crippen LogP contribution in [0.25, 0.3) is 0 Å². The molecule has 0 heterocycles. The largest absolute Gasteiger partial charge is 0.466 e. The van der Waals surface area contributed by atoms with Crippen LogP contribution in [0.3, 0.4) is 0 Å². The minimum Gasteiger partial charge on any atom is -0.466 e. The number of aliphatic hydroxyl groups excluding tert-OH is 2. The molecule has 0 aromatic carbocycles. The SMILES string of the molecule is CCCCCCCCCCCCCCCCC/C=C/C(O)C(CO)NC(=O)CCCCCCCCC/C=C\CCCCCCCCCCCCCCOC(=O)CCCCCCCCCCCCC. The molecule has 0 aromatic heterocycles. The van der Waals surface area contributed by atoms with Crippen LogP contribution in [0, 0.1) is 0 Å². The minimum atomic E-state index is -0.848. The first kappa shape index (κ1) is 66.3. The van der Waals surface area contributed by atoms with E-state index in [1.54, 1.807) is 6.08 Å². The van der Waals surface area contributed by atoms with E-state index in [1.807, 2.05) is 6.08 Å². The summed E-state index contributed by atoms with van der Waals surface area (Å²) in [7, 11) is 0. The van der Waals surface area contributed by atoms with E-state index in [1.165, 1.54) is 263 Å². The fraction of sp³-hybridized carbons (Fsp3) is 0.903. The van der Waals surface area contributed by atoms with Crippen LogP contribution in [0.15, 0.2) is 24.3 Å². The summed E-state index contributed by atoms with van der Waals surface area (Å²) in [6.07, 6.45) is 70.7. The standard InChI is InChI=1S/C62H119NO5/c1-3-5-7-9-11-13-15-16-17-25-28-31-35-38-42-46-50-54-60(65)59(58-64)63-61(66)55-51-47-43-39-36-32-29-26-23-21-19-18-20-22-24-27-30-33-37-41-45-49-53-57-68-62(67)56-52-48-44-40-34-14-12-10-8-6-4-2/h21,23,50,54,59-60,64-65H,3-20,22,24-49,51-53,55-58H2,1-2H3,(H,63,66)/b23-21-,54-50+. The normalized spacial score (nSPS) is 12.7. The highest BCUT2D eigenvalue weighted by atomic mass is 16.5. The molecule has 0 rings (SSSR count). The zero-order chi connectivity index (χ0) is 49.3. The summed E-state index contributed by atoms with van der Waals surface area (Å²) in [5.74, 6) is -0.0613. The van der Waals surface area contributed by atoms with Gasteiger partial charge in [-0.3, -0.25) is 9.59 Å². The molecule has 6 heteroatoms. The van der Waals surface area contributed by atoms with Gasteiger partial charge in [0.1, 0.15) is 0 Å². The summed E-state index contributed by atoms with van der Waals surface area (Å²) in [6, 6.07) is -0.632. The summed E-state index contributed by atoms with van der Waals surface area (Å²) >= 11 is 0. The summed E-state index contributed by atoms with van der Waals surface area (Å²) in [6.45, 7) is 4.91. The third-order valence-electron chi connectivity index (χ3n) is 14.2. The van der Waals surface area contributed by atoms with E-state index >= 15 is 0 Å². The van der Waals surface area contributed by atoms with Crippen molar-refractivity contribution in [2.75, 3.05) is 13.2 Å². The zero-order valence-electron chi connectivity index (χ0n) is 45.9. The van der Waals surface area contributed by atoms with Gasteiger partial charge in [-0.15, -0.1) is 0 Å². The predicted molar refractivity (Wildman–Crippen MR) is 296 cm³/mol. The molecule has 6 nitrogen and oxygen atoms in total. The van der Waals surface area contributed by atoms with Gasteiger partial charge in [0.25, 0.3) is 0 Å². The number of esters is 1. The second-order valence-electron chi connectivity index (χ2n) is 21.0. The van der Waals surface area contributed by atoms with Crippen LogP contribution in [0.1, 0.15) is 335 Å². The average Bonchev–Trinajstić information content (AvgIpc) is 3.34. The Morgan fingerprint density at radius 1 is 0.397 bits per heavy atom. The lowest BCUT2D eigenvalue weighted by atomic mass is 10.0. The smallest absolute Gasteiger partial charge is 0.305 e. The van der Waals surface area contributed by atoms with Gasteiger partial charge in [-0.1, -0.05) is 289 Å². The van der Waals surface area contributed by atoms with Crippen molar-refractivity contribution in [2.24, 2.45) is 0 Å². The Morgan fingerprint density at radius 3 is 1.04 bits per heavy atom. The molecule has 2 atom stereocenters. The molecule has 1 amide bonds. The molecule has 0 aliphatic carbocycles. The topological polar surface area (TPSA) is 95.9 Å². The molecule has 0 fully saturated rings. The third-order valence-corrected chi connectivity index (χ3v) is 14.2. The second kappa shape index (κ2) is 57.9. The van der Waals surface area contributed by atoms with Crippen molar-refractivity contribution in [1.29, 1.82) is 0 Å². The monoisotopic (exact) mass is 958 g/mol. The van der Waals surface area contributed by atoms with Crippen LogP contribution in [0.2, 0.25) is 0 Å². The Hall–Kier alpha value is -1.66. The number of carbonyl (C=O) groups excluding carboxylic acids is 2. The Balaban J connectivity index is 3.44. The zero-order valence-corrected chi connectivity index (χ0v) is 45.9. The third kappa shape index (κ3) is 53.7. The van der Waals surface area contributed by atoms with E-state index in [9.17, 15) is 19.8 Å². The van der Waals surface area contributed by atoms with Crippen molar-refractivity contribution in [3.63, 3.8) is 0 Å². The highest BCUT2D eigenvalue weighted by molar-refractivity contribution is 5.76. The number of aliphatic hydroxyl groups is 2. The molecule has 0 spiro atoms. The van der Waals surface area contributed by atoms with Gasteiger partial charge in [-0.25, -0.2) is 0 Å². The average molecular weight is 959 g/mol. The summed E-state index contributed by atoms with van der Waals surface area (Å²) in [5.41, 5.74) is 0. The predicted octanol–water partition coefficient (Wildman–Crippen LogP) is 19.0. The quantitative estimate of drug-likeness (QED) is 0.0321. The number of hydrogen-bond acceptors (Lipinski definition) is 5. The van der Waals surface area contributed by atoms with Gasteiger partial charge in [0.15, 0.2) is 0 Å². The lowest BCUT2D eigenvalue weighted by Gasteiger charge is -2.20. The van der Waals surface area contributed by atoms with Crippen LogP contribution in [-0.4, -0.2) is 47.4 Å². The van der Waals surface area contributed by atoms with Crippen molar-refractivity contribution in [2.45, 2.75) is 347 Å². The number of hydrogen-bond donors (Lipinski definition) is 3. The summed E-state index contributed by atoms with van der Waals surface area (Å²) in [4.78, 5) is 24.5. The molecule has 68 heavy (non-hydrogen) atoms. The Kier molecular flexibility index (Phi) is 56.5. The van der Waals surface area contributed by atoms with Crippen LogP contribution in [0.5, 0.6) is 0 Å². The van der Waals surface area contributed by atoms with Crippen molar-refractivity contribution < 1.29 is 24.5 Å². The van der Waals surface area contributed by atoms with Gasteiger partial charge in [0.05, 0.1) is 25.4 Å². The summed E-state index contributed by atoms with van der Waals surface area (Å²) in [5, 5.41) is 23.1. The van der Waals surface area contributed by atoms with E-state index in [0.717, 1.165) is 44.9 Å². The van der Waals surface area contributed by atoms with E-state index in [0.29, 0.717) is 19.4 Å². The van der Waals surface area contributed by atoms with E-state index in [4.69, 9.17) is 4.74 Å². The van der Waals surface area contributed by atoms with Gasteiger partial charge in [-0.2, -0.15) is 0 Å². The molecule has 0 aliphatic rings. The molecule has 0 aromatic rings. The lowest BCUT2D eigenvalue weighted by Crippen LogP contribution is -2.45. The van der Waals surface area contributed by atoms with Crippen LogP contribution in [0.4, 0.5) is 0 Å². The molecule has 402 valence electrons. The highest BCUT2D eigenvalue weighted by Crippen LogP contribution is 2.17. The molecular weight excluding hydrogens is 839 g/mol. The number of nitrogens with one attached hydrogen (secondary N) is 1. The van der Waals surface area contributed by atoms with Crippen molar-refractivity contribution in [1.82, 2.24) is 5.32 Å². The van der Waals surface area contributed by atoms with Crippen LogP contribution >= 0.6 is 0 Å². The number of carbonyl (C=O) groups is 2. The fourth-order valence-corrected chi connectivity index (χ4v) is 9.51. The first-order valence-corrected chi connectivity index (χ1v) is 30.6. The molecule has 3 N–H and O–H groups in total. The van der Waals surface area contributed by atoms with Gasteiger partial charge < -0.3 is 20.3 Å². The molecule has 0 saturated carbocycles. The van der Waals surface area contributed by atoms with Crippen LogP contribution < -0.4 is 5.32 Å². The van der Waals surface area contributed by atoms with Crippen molar-refractivity contribution in [3.8, 4) is 0 Å². The number of unbranched alkanes of at least 4 members (excludes halogenated alkanes) is 44. The lowest BCUT2D eigenvalue weighted by molar-refractivity contribution is -0.143. The second-order valence-corrected chi connectivity index (χ2v) is 21.0. The number of amides is 1. The molecular formula is C62H119NO5. The number of rotatable bonds is 57. The van der Waals surface area contributed by atoms with Gasteiger partial charge in [0, 0.05) is 12.8 Å². The first-order valence-electron chi connectivity index (χ1n) is 30.6. The molecule has 0 bridgehead atoms. The van der Waals surface area contributed by atoms with Crippen molar-refractivity contribution in [3.05, 3.63) is 24.3 Å². The highest BCUT2D eigenvalue weighted by Gasteiger charge is 2.18. The Morgan fingerprint density at radius 2 is 0.691 bits per heavy atom. The Labute approximate surface area is 424 Å². The van der Waals surface area contributed by atoms with Gasteiger partial charge in [0.2, 0.25) is 5.91 Å². The molecule has 2 unspecified atom stereocenters. The number of allylic oxidation sites excluding steroid dienone is 3. The van der Waals surface area contributed by atoms with Crippen LogP contribution in [-0.2, 0) is 14.3 Å². The van der Waals surface area contributed by atoms with Gasteiger partial charge >= 0.3 is 5.97 Å². The maximum atomic E-state index is 12.5. The van der Waals surface area contributed by atoms with Crippen molar-refractivity contribution >= 4 is 11.9 Å². The van der Waals surface area contributed by atoms with Gasteiger partial charge in [-0.05, 0) is 57.8 Å². The maximum absolute atomic E-state index is 12.5.